The first-order valence-corrected chi connectivity index (χ1v) is 5.94. The molecule has 0 aromatic heterocycles. The van der Waals surface area contributed by atoms with Gasteiger partial charge in [-0.05, 0) is 31.2 Å². The molecule has 7 nitrogen and oxygen atoms in total. The van der Waals surface area contributed by atoms with Gasteiger partial charge in [0.15, 0.2) is 0 Å². The highest BCUT2D eigenvalue weighted by Gasteiger charge is 2.21. The van der Waals surface area contributed by atoms with E-state index in [4.69, 9.17) is 15.9 Å². The molecule has 1 rings (SSSR count). The second kappa shape index (κ2) is 6.55. The first kappa shape index (κ1) is 15.5. The Hall–Kier alpha value is -2.57. The van der Waals surface area contributed by atoms with E-state index in [1.54, 1.807) is 12.1 Å². The smallest absolute Gasteiger partial charge is 0.326 e. The van der Waals surface area contributed by atoms with Crippen LogP contribution in [0.3, 0.4) is 0 Å². The van der Waals surface area contributed by atoms with Crippen LogP contribution in [0.5, 0.6) is 0 Å². The number of rotatable bonds is 7. The zero-order chi connectivity index (χ0) is 15.3. The van der Waals surface area contributed by atoms with Gasteiger partial charge in [-0.3, -0.25) is 9.59 Å². The number of carbonyl (C=O) groups is 3. The van der Waals surface area contributed by atoms with Crippen molar-refractivity contribution >= 4 is 23.5 Å². The number of carboxylic acid groups (broad SMARTS) is 2. The number of carbonyl (C=O) groups excluding carboxylic acids is 1. The van der Waals surface area contributed by atoms with E-state index in [2.05, 4.69) is 0 Å². The summed E-state index contributed by atoms with van der Waals surface area (Å²) in [4.78, 5) is 34.1. The zero-order valence-electron chi connectivity index (χ0n) is 10.9. The van der Waals surface area contributed by atoms with E-state index in [0.717, 1.165) is 0 Å². The lowest BCUT2D eigenvalue weighted by molar-refractivity contribution is -0.139. The maximum atomic E-state index is 11.1. The van der Waals surface area contributed by atoms with E-state index in [9.17, 15) is 14.4 Å². The van der Waals surface area contributed by atoms with Crippen molar-refractivity contribution in [3.05, 3.63) is 29.8 Å². The van der Waals surface area contributed by atoms with E-state index >= 15 is 0 Å². The first-order valence-electron chi connectivity index (χ1n) is 5.94. The molecule has 0 bridgehead atoms. The van der Waals surface area contributed by atoms with Gasteiger partial charge in [0, 0.05) is 17.8 Å². The summed E-state index contributed by atoms with van der Waals surface area (Å²) in [7, 11) is 0. The molecule has 20 heavy (non-hydrogen) atoms. The number of carboxylic acids is 2. The minimum absolute atomic E-state index is 0.0543. The lowest BCUT2D eigenvalue weighted by Gasteiger charge is -2.28. The summed E-state index contributed by atoms with van der Waals surface area (Å²) in [5.74, 6) is -2.66. The molecule has 1 aromatic rings. The number of aliphatic carboxylic acids is 2. The highest BCUT2D eigenvalue weighted by atomic mass is 16.4. The van der Waals surface area contributed by atoms with Gasteiger partial charge in [-0.25, -0.2) is 4.79 Å². The van der Waals surface area contributed by atoms with Crippen LogP contribution in [0.2, 0.25) is 0 Å². The SMILES string of the molecule is CC(C(=O)O)N(CCC(=O)O)c1ccc(C(N)=O)cc1. The monoisotopic (exact) mass is 280 g/mol. The molecule has 0 aliphatic rings. The molecule has 0 saturated heterocycles. The highest BCUT2D eigenvalue weighted by Crippen LogP contribution is 2.18. The second-order valence-corrected chi connectivity index (χ2v) is 4.26. The lowest BCUT2D eigenvalue weighted by atomic mass is 10.1. The molecular formula is C13H16N2O5. The molecule has 7 heteroatoms. The molecule has 1 amide bonds. The Morgan fingerprint density at radius 3 is 2.15 bits per heavy atom. The third kappa shape index (κ3) is 3.98. The minimum Gasteiger partial charge on any atom is -0.481 e. The van der Waals surface area contributed by atoms with Gasteiger partial charge in [0.05, 0.1) is 6.42 Å². The lowest BCUT2D eigenvalue weighted by Crippen LogP contribution is -2.40. The summed E-state index contributed by atoms with van der Waals surface area (Å²) in [6.45, 7) is 1.52. The molecular weight excluding hydrogens is 264 g/mol. The maximum Gasteiger partial charge on any atom is 0.326 e. The number of primary amides is 1. The number of nitrogens with zero attached hydrogens (tertiary/aromatic N) is 1. The summed E-state index contributed by atoms with van der Waals surface area (Å²) in [6, 6.07) is 5.15. The van der Waals surface area contributed by atoms with Crippen LogP contribution in [0.4, 0.5) is 5.69 Å². The van der Waals surface area contributed by atoms with Gasteiger partial charge in [0.2, 0.25) is 5.91 Å². The van der Waals surface area contributed by atoms with E-state index in [1.165, 1.54) is 24.0 Å². The topological polar surface area (TPSA) is 121 Å². The van der Waals surface area contributed by atoms with Crippen LogP contribution in [0.1, 0.15) is 23.7 Å². The van der Waals surface area contributed by atoms with Gasteiger partial charge in [-0.2, -0.15) is 0 Å². The Kier molecular flexibility index (Phi) is 5.08. The number of hydrogen-bond acceptors (Lipinski definition) is 4. The molecule has 0 saturated carbocycles. The quantitative estimate of drug-likeness (QED) is 0.670. The van der Waals surface area contributed by atoms with Gasteiger partial charge in [-0.15, -0.1) is 0 Å². The van der Waals surface area contributed by atoms with E-state index in [1.807, 2.05) is 0 Å². The standard InChI is InChI=1S/C13H16N2O5/c1-8(13(19)20)15(7-6-11(16)17)10-4-2-9(3-5-10)12(14)18/h2-5,8H,6-7H2,1H3,(H2,14,18)(H,16,17)(H,19,20). The zero-order valence-corrected chi connectivity index (χ0v) is 10.9. The third-order valence-electron chi connectivity index (χ3n) is 2.87. The van der Waals surface area contributed by atoms with Gasteiger partial charge in [0.25, 0.3) is 0 Å². The molecule has 1 unspecified atom stereocenters. The molecule has 0 aliphatic carbocycles. The van der Waals surface area contributed by atoms with Crippen LogP contribution >= 0.6 is 0 Å². The van der Waals surface area contributed by atoms with Crippen molar-refractivity contribution in [2.24, 2.45) is 5.73 Å². The van der Waals surface area contributed by atoms with E-state index in [-0.39, 0.29) is 13.0 Å². The van der Waals surface area contributed by atoms with Crippen molar-refractivity contribution in [2.45, 2.75) is 19.4 Å². The Morgan fingerprint density at radius 2 is 1.75 bits per heavy atom. The fraction of sp³-hybridized carbons (Fsp3) is 0.308. The Morgan fingerprint density at radius 1 is 1.20 bits per heavy atom. The van der Waals surface area contributed by atoms with Crippen molar-refractivity contribution in [3.63, 3.8) is 0 Å². The highest BCUT2D eigenvalue weighted by molar-refractivity contribution is 5.93. The maximum absolute atomic E-state index is 11.1. The number of nitrogens with two attached hydrogens (primary N) is 1. The molecule has 0 radical (unpaired) electrons. The van der Waals surface area contributed by atoms with Crippen LogP contribution < -0.4 is 10.6 Å². The van der Waals surface area contributed by atoms with Crippen molar-refractivity contribution in [2.75, 3.05) is 11.4 Å². The number of anilines is 1. The first-order chi connectivity index (χ1) is 9.32. The molecule has 0 fully saturated rings. The minimum atomic E-state index is -1.06. The van der Waals surface area contributed by atoms with Crippen molar-refractivity contribution in [1.82, 2.24) is 0 Å². The van der Waals surface area contributed by atoms with Crippen LogP contribution in [-0.2, 0) is 9.59 Å². The summed E-state index contributed by atoms with van der Waals surface area (Å²) < 4.78 is 0. The predicted octanol–water partition coefficient (Wildman–Crippen LogP) is 0.540. The van der Waals surface area contributed by atoms with Crippen molar-refractivity contribution < 1.29 is 24.6 Å². The number of benzene rings is 1. The second-order valence-electron chi connectivity index (χ2n) is 4.26. The number of amides is 1. The summed E-state index contributed by atoms with van der Waals surface area (Å²) >= 11 is 0. The largest absolute Gasteiger partial charge is 0.481 e. The average Bonchev–Trinajstić information content (AvgIpc) is 2.38. The molecule has 0 aliphatic heterocycles. The van der Waals surface area contributed by atoms with Gasteiger partial charge < -0.3 is 20.8 Å². The van der Waals surface area contributed by atoms with E-state index < -0.39 is 23.9 Å². The van der Waals surface area contributed by atoms with E-state index in [0.29, 0.717) is 11.3 Å². The molecule has 1 atom stereocenters. The fourth-order valence-electron chi connectivity index (χ4n) is 1.71. The van der Waals surface area contributed by atoms with Crippen molar-refractivity contribution in [1.29, 1.82) is 0 Å². The Labute approximate surface area is 115 Å². The van der Waals surface area contributed by atoms with Crippen molar-refractivity contribution in [3.8, 4) is 0 Å². The molecule has 4 N–H and O–H groups in total. The molecule has 108 valence electrons. The van der Waals surface area contributed by atoms with Gasteiger partial charge >= 0.3 is 11.9 Å². The molecule has 1 aromatic carbocycles. The summed E-state index contributed by atoms with van der Waals surface area (Å²) in [5.41, 5.74) is 5.94. The number of hydrogen-bond donors (Lipinski definition) is 3. The Bertz CT molecular complexity index is 512. The van der Waals surface area contributed by atoms with Crippen LogP contribution in [-0.4, -0.2) is 40.6 Å². The Balaban J connectivity index is 2.99. The normalized spacial score (nSPS) is 11.7. The van der Waals surface area contributed by atoms with Gasteiger partial charge in [0.1, 0.15) is 6.04 Å². The summed E-state index contributed by atoms with van der Waals surface area (Å²) in [6.07, 6.45) is -0.185. The fourth-order valence-corrected chi connectivity index (χ4v) is 1.71. The average molecular weight is 280 g/mol. The third-order valence-corrected chi connectivity index (χ3v) is 2.87. The summed E-state index contributed by atoms with van der Waals surface area (Å²) in [5, 5.41) is 17.8. The molecule has 0 spiro atoms. The van der Waals surface area contributed by atoms with Crippen LogP contribution in [0.25, 0.3) is 0 Å². The van der Waals surface area contributed by atoms with Crippen LogP contribution in [0, 0.1) is 0 Å². The van der Waals surface area contributed by atoms with Gasteiger partial charge in [-0.1, -0.05) is 0 Å². The molecule has 0 heterocycles. The predicted molar refractivity (Wildman–Crippen MR) is 71.7 cm³/mol. The van der Waals surface area contributed by atoms with Crippen LogP contribution in [0.15, 0.2) is 24.3 Å².